The monoisotopic (exact) mass is 446 g/mol. The third-order valence-electron chi connectivity index (χ3n) is 5.23. The van der Waals surface area contributed by atoms with Crippen molar-refractivity contribution >= 4 is 15.7 Å². The average Bonchev–Trinajstić information content (AvgIpc) is 2.78. The lowest BCUT2D eigenvalue weighted by Crippen LogP contribution is -2.43. The molecule has 2 aromatic rings. The minimum absolute atomic E-state index is 0.00906. The summed E-state index contributed by atoms with van der Waals surface area (Å²) in [5, 5.41) is 3.06. The van der Waals surface area contributed by atoms with E-state index in [-0.39, 0.29) is 16.8 Å². The third-order valence-corrected chi connectivity index (χ3v) is 6.36. The second-order valence-electron chi connectivity index (χ2n) is 7.57. The summed E-state index contributed by atoms with van der Waals surface area (Å²) in [7, 11) is -3.22. The van der Waals surface area contributed by atoms with Gasteiger partial charge in [0.25, 0.3) is 0 Å². The Morgan fingerprint density at radius 3 is 2.42 bits per heavy atom. The fraction of sp³-hybridized carbons (Fsp3) is 0.435. The van der Waals surface area contributed by atoms with Crippen molar-refractivity contribution in [3.8, 4) is 5.75 Å². The molecule has 0 spiro atoms. The summed E-state index contributed by atoms with van der Waals surface area (Å²) in [6.07, 6.45) is 2.11. The van der Waals surface area contributed by atoms with Gasteiger partial charge in [-0.3, -0.25) is 9.69 Å². The van der Waals surface area contributed by atoms with E-state index < -0.39 is 9.84 Å². The molecular formula is C23H30N2O5S. The van der Waals surface area contributed by atoms with Crippen molar-refractivity contribution in [1.29, 1.82) is 0 Å². The van der Waals surface area contributed by atoms with Gasteiger partial charge in [-0.05, 0) is 36.2 Å². The van der Waals surface area contributed by atoms with E-state index >= 15 is 0 Å². The lowest BCUT2D eigenvalue weighted by Gasteiger charge is -2.35. The Bertz CT molecular complexity index is 926. The summed E-state index contributed by atoms with van der Waals surface area (Å²) >= 11 is 0. The predicted octanol–water partition coefficient (Wildman–Crippen LogP) is 2.44. The summed E-state index contributed by atoms with van der Waals surface area (Å²) in [5.41, 5.74) is 1.19. The van der Waals surface area contributed by atoms with Gasteiger partial charge in [-0.25, -0.2) is 8.42 Å². The fourth-order valence-electron chi connectivity index (χ4n) is 3.53. The normalized spacial score (nSPS) is 15.9. The van der Waals surface area contributed by atoms with E-state index in [0.717, 1.165) is 13.1 Å². The number of ether oxygens (including phenoxy) is 2. The Labute approximate surface area is 184 Å². The first kappa shape index (κ1) is 23.2. The minimum Gasteiger partial charge on any atom is -0.494 e. The number of hydrogen-bond donors (Lipinski definition) is 1. The summed E-state index contributed by atoms with van der Waals surface area (Å²) in [6.45, 7) is 4.05. The average molecular weight is 447 g/mol. The molecule has 1 amide bonds. The molecule has 1 fully saturated rings. The lowest BCUT2D eigenvalue weighted by molar-refractivity contribution is -0.121. The molecule has 1 saturated heterocycles. The fourth-order valence-corrected chi connectivity index (χ4v) is 4.16. The highest BCUT2D eigenvalue weighted by atomic mass is 32.2. The van der Waals surface area contributed by atoms with Crippen LogP contribution in [0.15, 0.2) is 59.5 Å². The van der Waals surface area contributed by atoms with E-state index in [0.29, 0.717) is 45.0 Å². The second kappa shape index (κ2) is 11.3. The Kier molecular flexibility index (Phi) is 8.45. The molecule has 8 heteroatoms. The molecule has 2 aromatic carbocycles. The molecule has 0 bridgehead atoms. The largest absolute Gasteiger partial charge is 0.494 e. The van der Waals surface area contributed by atoms with Gasteiger partial charge in [0.2, 0.25) is 5.91 Å². The number of benzene rings is 2. The number of carbonyl (C=O) groups excluding carboxylic acids is 1. The second-order valence-corrected chi connectivity index (χ2v) is 9.59. The molecule has 3 rings (SSSR count). The van der Waals surface area contributed by atoms with Crippen LogP contribution in [0.2, 0.25) is 0 Å². The number of amides is 1. The van der Waals surface area contributed by atoms with E-state index in [1.807, 2.05) is 18.2 Å². The van der Waals surface area contributed by atoms with Crippen LogP contribution in [-0.4, -0.2) is 64.9 Å². The molecule has 1 aliphatic rings. The Morgan fingerprint density at radius 1 is 1.10 bits per heavy atom. The third kappa shape index (κ3) is 7.34. The van der Waals surface area contributed by atoms with Gasteiger partial charge in [-0.2, -0.15) is 0 Å². The summed E-state index contributed by atoms with van der Waals surface area (Å²) in [5.74, 6) is 0.578. The highest BCUT2D eigenvalue weighted by Gasteiger charge is 2.22. The Morgan fingerprint density at radius 2 is 1.77 bits per heavy atom. The van der Waals surface area contributed by atoms with Crippen LogP contribution >= 0.6 is 0 Å². The van der Waals surface area contributed by atoms with Gasteiger partial charge in [0.05, 0.1) is 30.8 Å². The summed E-state index contributed by atoms with van der Waals surface area (Å²) < 4.78 is 34.1. The topological polar surface area (TPSA) is 84.9 Å². The van der Waals surface area contributed by atoms with Crippen molar-refractivity contribution in [2.75, 3.05) is 45.7 Å². The van der Waals surface area contributed by atoms with Crippen LogP contribution in [0.4, 0.5) is 0 Å². The number of carbonyl (C=O) groups is 1. The smallest absolute Gasteiger partial charge is 0.220 e. The quantitative estimate of drug-likeness (QED) is 0.565. The number of rotatable bonds is 10. The lowest BCUT2D eigenvalue weighted by atomic mass is 10.0. The van der Waals surface area contributed by atoms with Gasteiger partial charge in [0.1, 0.15) is 5.75 Å². The van der Waals surface area contributed by atoms with Crippen molar-refractivity contribution in [2.24, 2.45) is 0 Å². The van der Waals surface area contributed by atoms with E-state index in [1.165, 1.54) is 24.0 Å². The zero-order valence-electron chi connectivity index (χ0n) is 17.8. The number of sulfone groups is 1. The van der Waals surface area contributed by atoms with Gasteiger partial charge in [0, 0.05) is 32.3 Å². The zero-order chi connectivity index (χ0) is 22.1. The zero-order valence-corrected chi connectivity index (χ0v) is 18.6. The summed E-state index contributed by atoms with van der Waals surface area (Å²) in [6, 6.07) is 16.6. The predicted molar refractivity (Wildman–Crippen MR) is 119 cm³/mol. The summed E-state index contributed by atoms with van der Waals surface area (Å²) in [4.78, 5) is 15.0. The maximum atomic E-state index is 12.4. The first-order valence-corrected chi connectivity index (χ1v) is 12.4. The molecule has 0 aromatic heterocycles. The molecule has 0 aliphatic carbocycles. The van der Waals surface area contributed by atoms with Gasteiger partial charge in [-0.15, -0.1) is 0 Å². The van der Waals surface area contributed by atoms with Gasteiger partial charge in [0.15, 0.2) is 9.84 Å². The van der Waals surface area contributed by atoms with E-state index in [4.69, 9.17) is 9.47 Å². The Balaban J connectivity index is 1.43. The molecule has 1 N–H and O–H groups in total. The number of nitrogens with one attached hydrogen (secondary N) is 1. The molecule has 1 heterocycles. The standard InChI is InChI=1S/C23H30N2O5S/c1-31(27,28)21-11-9-20(10-12-21)30-15-5-8-23(26)24-18-22(19-6-3-2-4-7-19)25-13-16-29-17-14-25/h2-4,6-7,9-12,22H,5,8,13-18H2,1H3,(H,24,26). The molecule has 31 heavy (non-hydrogen) atoms. The minimum atomic E-state index is -3.22. The first-order valence-electron chi connectivity index (χ1n) is 10.5. The Hall–Kier alpha value is -2.42. The number of hydrogen-bond acceptors (Lipinski definition) is 6. The molecule has 1 aliphatic heterocycles. The van der Waals surface area contributed by atoms with Crippen LogP contribution in [0.3, 0.4) is 0 Å². The van der Waals surface area contributed by atoms with Crippen molar-refractivity contribution in [3.05, 3.63) is 60.2 Å². The highest BCUT2D eigenvalue weighted by molar-refractivity contribution is 7.90. The SMILES string of the molecule is CS(=O)(=O)c1ccc(OCCCC(=O)NCC(c2ccccc2)N2CCOCC2)cc1. The van der Waals surface area contributed by atoms with Crippen molar-refractivity contribution in [2.45, 2.75) is 23.8 Å². The molecule has 0 saturated carbocycles. The molecule has 1 atom stereocenters. The maximum absolute atomic E-state index is 12.4. The van der Waals surface area contributed by atoms with Crippen molar-refractivity contribution in [1.82, 2.24) is 10.2 Å². The van der Waals surface area contributed by atoms with Crippen LogP contribution in [0.1, 0.15) is 24.4 Å². The van der Waals surface area contributed by atoms with Crippen LogP contribution in [0, 0.1) is 0 Å². The van der Waals surface area contributed by atoms with Crippen LogP contribution < -0.4 is 10.1 Å². The van der Waals surface area contributed by atoms with Gasteiger partial charge < -0.3 is 14.8 Å². The highest BCUT2D eigenvalue weighted by Crippen LogP contribution is 2.21. The van der Waals surface area contributed by atoms with E-state index in [1.54, 1.807) is 12.1 Å². The van der Waals surface area contributed by atoms with Gasteiger partial charge in [-0.1, -0.05) is 30.3 Å². The number of morpholine rings is 1. The molecule has 0 radical (unpaired) electrons. The van der Waals surface area contributed by atoms with Crippen LogP contribution in [0.25, 0.3) is 0 Å². The van der Waals surface area contributed by atoms with Crippen molar-refractivity contribution < 1.29 is 22.7 Å². The van der Waals surface area contributed by atoms with Crippen molar-refractivity contribution in [3.63, 3.8) is 0 Å². The van der Waals surface area contributed by atoms with E-state index in [2.05, 4.69) is 22.3 Å². The molecule has 168 valence electrons. The number of nitrogens with zero attached hydrogens (tertiary/aromatic N) is 1. The van der Waals surface area contributed by atoms with E-state index in [9.17, 15) is 13.2 Å². The molecular weight excluding hydrogens is 416 g/mol. The first-order chi connectivity index (χ1) is 14.9. The van der Waals surface area contributed by atoms with Gasteiger partial charge >= 0.3 is 0 Å². The van der Waals surface area contributed by atoms with Crippen LogP contribution in [-0.2, 0) is 19.4 Å². The van der Waals surface area contributed by atoms with Crippen LogP contribution in [0.5, 0.6) is 5.75 Å². The molecule has 1 unspecified atom stereocenters. The molecule has 7 nitrogen and oxygen atoms in total. The maximum Gasteiger partial charge on any atom is 0.220 e.